The first-order chi connectivity index (χ1) is 10.6. The van der Waals surface area contributed by atoms with Crippen molar-refractivity contribution >= 4 is 20.2 Å². The summed E-state index contributed by atoms with van der Waals surface area (Å²) in [5, 5.41) is 2.72. The van der Waals surface area contributed by atoms with Gasteiger partial charge in [0.1, 0.15) is 12.1 Å². The molecule has 0 amide bonds. The standard InChI is InChI=1S/C11H14FN5O4S2/c1-16(2)23(20,21)17-8-13-11(15-17)22(18,19)14-7-9-5-3-4-6-10(9)12/h3-6,8,14H,7H2,1-2H3. The Labute approximate surface area is 133 Å². The molecule has 126 valence electrons. The van der Waals surface area contributed by atoms with E-state index in [4.69, 9.17) is 0 Å². The lowest BCUT2D eigenvalue weighted by Crippen LogP contribution is -2.30. The number of nitrogens with one attached hydrogen (secondary N) is 1. The van der Waals surface area contributed by atoms with E-state index in [1.165, 1.54) is 32.3 Å². The topological polar surface area (TPSA) is 114 Å². The van der Waals surface area contributed by atoms with Crippen LogP contribution in [-0.4, -0.2) is 49.4 Å². The molecule has 1 N–H and O–H groups in total. The first-order valence-electron chi connectivity index (χ1n) is 6.22. The van der Waals surface area contributed by atoms with E-state index >= 15 is 0 Å². The van der Waals surface area contributed by atoms with Crippen LogP contribution >= 0.6 is 0 Å². The molecule has 23 heavy (non-hydrogen) atoms. The number of rotatable bonds is 6. The lowest BCUT2D eigenvalue weighted by atomic mass is 10.2. The largest absolute Gasteiger partial charge is 0.323 e. The van der Waals surface area contributed by atoms with Crippen molar-refractivity contribution < 1.29 is 21.2 Å². The predicted octanol–water partition coefficient (Wildman–Crippen LogP) is -0.450. The van der Waals surface area contributed by atoms with E-state index in [1.54, 1.807) is 6.07 Å². The predicted molar refractivity (Wildman–Crippen MR) is 78.5 cm³/mol. The Morgan fingerprint density at radius 1 is 1.22 bits per heavy atom. The van der Waals surface area contributed by atoms with Crippen LogP contribution in [0.2, 0.25) is 0 Å². The summed E-state index contributed by atoms with van der Waals surface area (Å²) in [7, 11) is -5.62. The molecule has 0 unspecified atom stereocenters. The average molecular weight is 363 g/mol. The van der Waals surface area contributed by atoms with Crippen LogP contribution in [0, 0.1) is 5.82 Å². The summed E-state index contributed by atoms with van der Waals surface area (Å²) >= 11 is 0. The number of hydrogen-bond donors (Lipinski definition) is 1. The summed E-state index contributed by atoms with van der Waals surface area (Å²) in [6.45, 7) is -0.315. The molecule has 0 atom stereocenters. The van der Waals surface area contributed by atoms with E-state index < -0.39 is 31.2 Å². The molecule has 0 bridgehead atoms. The molecule has 0 aliphatic heterocycles. The lowest BCUT2D eigenvalue weighted by molar-refractivity contribution is 0.502. The van der Waals surface area contributed by atoms with Gasteiger partial charge in [0.15, 0.2) is 0 Å². The first kappa shape index (κ1) is 17.5. The van der Waals surface area contributed by atoms with Crippen molar-refractivity contribution in [1.29, 1.82) is 0 Å². The van der Waals surface area contributed by atoms with Crippen molar-refractivity contribution in [1.82, 2.24) is 23.2 Å². The third-order valence-electron chi connectivity index (χ3n) is 2.80. The highest BCUT2D eigenvalue weighted by Gasteiger charge is 2.24. The number of hydrogen-bond acceptors (Lipinski definition) is 6. The quantitative estimate of drug-likeness (QED) is 0.743. The third kappa shape index (κ3) is 3.72. The normalized spacial score (nSPS) is 12.7. The van der Waals surface area contributed by atoms with Gasteiger partial charge in [-0.15, -0.1) is 9.19 Å². The number of aromatic nitrogens is 3. The van der Waals surface area contributed by atoms with Crippen molar-refractivity contribution in [2.45, 2.75) is 11.7 Å². The fourth-order valence-electron chi connectivity index (χ4n) is 1.52. The molecule has 12 heteroatoms. The smallest absolute Gasteiger partial charge is 0.207 e. The van der Waals surface area contributed by atoms with Gasteiger partial charge in [0.05, 0.1) is 0 Å². The van der Waals surface area contributed by atoms with E-state index in [-0.39, 0.29) is 12.1 Å². The molecule has 9 nitrogen and oxygen atoms in total. The molecular formula is C11H14FN5O4S2. The van der Waals surface area contributed by atoms with Gasteiger partial charge in [0.2, 0.25) is 0 Å². The molecule has 1 aromatic carbocycles. The maximum atomic E-state index is 13.5. The lowest BCUT2D eigenvalue weighted by Gasteiger charge is -2.09. The fourth-order valence-corrected chi connectivity index (χ4v) is 3.10. The first-order valence-corrected chi connectivity index (χ1v) is 9.10. The van der Waals surface area contributed by atoms with Crippen LogP contribution in [0.15, 0.2) is 35.7 Å². The van der Waals surface area contributed by atoms with Crippen LogP contribution in [-0.2, 0) is 26.8 Å². The second-order valence-corrected chi connectivity index (χ2v) is 8.27. The summed E-state index contributed by atoms with van der Waals surface area (Å²) < 4.78 is 64.6. The van der Waals surface area contributed by atoms with Gasteiger partial charge in [0.25, 0.3) is 15.2 Å². The molecule has 0 radical (unpaired) electrons. The van der Waals surface area contributed by atoms with Crippen LogP contribution in [0.25, 0.3) is 0 Å². The van der Waals surface area contributed by atoms with Crippen molar-refractivity contribution in [3.05, 3.63) is 42.0 Å². The Kier molecular flexibility index (Phi) is 4.79. The molecular weight excluding hydrogens is 349 g/mol. The summed E-state index contributed by atoms with van der Waals surface area (Å²) in [5.41, 5.74) is 0.136. The SMILES string of the molecule is CN(C)S(=O)(=O)n1cnc(S(=O)(=O)NCc2ccccc2F)n1. The van der Waals surface area contributed by atoms with Gasteiger partial charge >= 0.3 is 10.2 Å². The van der Waals surface area contributed by atoms with Crippen LogP contribution in [0.3, 0.4) is 0 Å². The number of benzene rings is 1. The van der Waals surface area contributed by atoms with E-state index in [0.29, 0.717) is 4.09 Å². The minimum absolute atomic E-state index is 0.136. The number of nitrogens with zero attached hydrogens (tertiary/aromatic N) is 4. The third-order valence-corrected chi connectivity index (χ3v) is 5.56. The van der Waals surface area contributed by atoms with Gasteiger partial charge in [0, 0.05) is 26.2 Å². The molecule has 0 spiro atoms. The summed E-state index contributed by atoms with van der Waals surface area (Å²) in [6.07, 6.45) is 0.771. The maximum Gasteiger partial charge on any atom is 0.323 e. The highest BCUT2D eigenvalue weighted by molar-refractivity contribution is 7.89. The zero-order chi connectivity index (χ0) is 17.3. The molecule has 1 heterocycles. The van der Waals surface area contributed by atoms with E-state index in [2.05, 4.69) is 14.8 Å². The molecule has 0 saturated heterocycles. The van der Waals surface area contributed by atoms with Crippen molar-refractivity contribution in [2.24, 2.45) is 0 Å². The second-order valence-electron chi connectivity index (χ2n) is 4.61. The zero-order valence-corrected chi connectivity index (χ0v) is 13.8. The van der Waals surface area contributed by atoms with Gasteiger partial charge in [-0.1, -0.05) is 18.2 Å². The van der Waals surface area contributed by atoms with Gasteiger partial charge < -0.3 is 0 Å². The fraction of sp³-hybridized carbons (Fsp3) is 0.273. The van der Waals surface area contributed by atoms with E-state index in [9.17, 15) is 21.2 Å². The molecule has 1 aromatic heterocycles. The minimum Gasteiger partial charge on any atom is -0.207 e. The second kappa shape index (κ2) is 6.31. The monoisotopic (exact) mass is 363 g/mol. The highest BCUT2D eigenvalue weighted by Crippen LogP contribution is 2.09. The van der Waals surface area contributed by atoms with Crippen molar-refractivity contribution in [2.75, 3.05) is 14.1 Å². The molecule has 0 saturated carbocycles. The maximum absolute atomic E-state index is 13.5. The Morgan fingerprint density at radius 3 is 2.48 bits per heavy atom. The molecule has 0 aliphatic rings. The van der Waals surface area contributed by atoms with Gasteiger partial charge in [-0.2, -0.15) is 12.7 Å². The zero-order valence-electron chi connectivity index (χ0n) is 12.2. The average Bonchev–Trinajstić information content (AvgIpc) is 2.97. The van der Waals surface area contributed by atoms with Crippen LogP contribution in [0.4, 0.5) is 4.39 Å². The highest BCUT2D eigenvalue weighted by atomic mass is 32.2. The van der Waals surface area contributed by atoms with Gasteiger partial charge in [-0.25, -0.2) is 22.5 Å². The number of sulfonamides is 1. The van der Waals surface area contributed by atoms with E-state index in [0.717, 1.165) is 10.6 Å². The summed E-state index contributed by atoms with van der Waals surface area (Å²) in [6, 6.07) is 5.65. The molecule has 2 rings (SSSR count). The Balaban J connectivity index is 2.21. The summed E-state index contributed by atoms with van der Waals surface area (Å²) in [5.74, 6) is -0.566. The van der Waals surface area contributed by atoms with Gasteiger partial charge in [-0.05, 0) is 6.07 Å². The van der Waals surface area contributed by atoms with E-state index in [1.807, 2.05) is 0 Å². The Morgan fingerprint density at radius 2 is 1.87 bits per heavy atom. The van der Waals surface area contributed by atoms with Gasteiger partial charge in [-0.3, -0.25) is 0 Å². The van der Waals surface area contributed by atoms with Crippen molar-refractivity contribution in [3.63, 3.8) is 0 Å². The van der Waals surface area contributed by atoms with Crippen LogP contribution < -0.4 is 4.72 Å². The Bertz CT molecular complexity index is 908. The van der Waals surface area contributed by atoms with Crippen LogP contribution in [0.5, 0.6) is 0 Å². The number of halogens is 1. The minimum atomic E-state index is -4.18. The van der Waals surface area contributed by atoms with Crippen molar-refractivity contribution in [3.8, 4) is 0 Å². The molecule has 0 aliphatic carbocycles. The Hall–Kier alpha value is -1.89. The summed E-state index contributed by atoms with van der Waals surface area (Å²) in [4.78, 5) is 3.47. The molecule has 0 fully saturated rings. The molecule has 2 aromatic rings. The van der Waals surface area contributed by atoms with Crippen LogP contribution in [0.1, 0.15) is 5.56 Å².